The first-order valence-corrected chi connectivity index (χ1v) is 10.7. The number of hydrogen-bond acceptors (Lipinski definition) is 4. The molecular formula is C20H24N2O4S. The molecule has 3 rings (SSSR count). The molecule has 2 unspecified atom stereocenters. The van der Waals surface area contributed by atoms with E-state index in [0.717, 1.165) is 12.0 Å². The van der Waals surface area contributed by atoms with Crippen molar-refractivity contribution in [2.45, 2.75) is 37.2 Å². The topological polar surface area (TPSA) is 84.5 Å². The number of sulfone groups is 1. The molecule has 1 aliphatic heterocycles. The van der Waals surface area contributed by atoms with E-state index in [1.165, 1.54) is 6.07 Å². The Kier molecular flexibility index (Phi) is 5.70. The van der Waals surface area contributed by atoms with Crippen molar-refractivity contribution in [1.29, 1.82) is 0 Å². The molecule has 144 valence electrons. The molecule has 2 N–H and O–H groups in total. The molecule has 6 nitrogen and oxygen atoms in total. The van der Waals surface area contributed by atoms with Gasteiger partial charge in [0.1, 0.15) is 16.7 Å². The van der Waals surface area contributed by atoms with Gasteiger partial charge in [0.05, 0.1) is 12.3 Å². The van der Waals surface area contributed by atoms with Gasteiger partial charge in [0.15, 0.2) is 9.84 Å². The zero-order chi connectivity index (χ0) is 19.4. The SMILES string of the molecule is CCC(C)c1cccc(NC(=O)NCC2CS(=O)(=O)c3ccccc3O2)c1. The number of anilines is 1. The second kappa shape index (κ2) is 8.00. The number of fused-ring (bicyclic) bond motifs is 1. The van der Waals surface area contributed by atoms with Gasteiger partial charge < -0.3 is 15.4 Å². The molecule has 0 aromatic heterocycles. The first kappa shape index (κ1) is 19.2. The monoisotopic (exact) mass is 388 g/mol. The van der Waals surface area contributed by atoms with E-state index in [2.05, 4.69) is 24.5 Å². The molecular weight excluding hydrogens is 364 g/mol. The molecule has 0 bridgehead atoms. The Morgan fingerprint density at radius 1 is 1.22 bits per heavy atom. The molecule has 0 aliphatic carbocycles. The van der Waals surface area contributed by atoms with Crippen LogP contribution in [0.15, 0.2) is 53.4 Å². The summed E-state index contributed by atoms with van der Waals surface area (Å²) in [5, 5.41) is 5.48. The van der Waals surface area contributed by atoms with Gasteiger partial charge in [0.25, 0.3) is 0 Å². The number of urea groups is 1. The third-order valence-electron chi connectivity index (χ3n) is 4.70. The van der Waals surface area contributed by atoms with E-state index < -0.39 is 22.0 Å². The summed E-state index contributed by atoms with van der Waals surface area (Å²) >= 11 is 0. The van der Waals surface area contributed by atoms with Crippen LogP contribution in [0.25, 0.3) is 0 Å². The highest BCUT2D eigenvalue weighted by Crippen LogP contribution is 2.30. The second-order valence-electron chi connectivity index (χ2n) is 6.74. The minimum atomic E-state index is -3.41. The van der Waals surface area contributed by atoms with E-state index in [9.17, 15) is 13.2 Å². The summed E-state index contributed by atoms with van der Waals surface area (Å²) in [4.78, 5) is 12.4. The molecule has 0 fully saturated rings. The van der Waals surface area contributed by atoms with Crippen LogP contribution in [0.3, 0.4) is 0 Å². The van der Waals surface area contributed by atoms with Crippen molar-refractivity contribution in [3.8, 4) is 5.75 Å². The summed E-state index contributed by atoms with van der Waals surface area (Å²) in [5.74, 6) is 0.585. The van der Waals surface area contributed by atoms with Crippen molar-refractivity contribution in [3.05, 3.63) is 54.1 Å². The summed E-state index contributed by atoms with van der Waals surface area (Å²) in [7, 11) is -3.41. The van der Waals surface area contributed by atoms with Gasteiger partial charge in [-0.15, -0.1) is 0 Å². The predicted molar refractivity (Wildman–Crippen MR) is 105 cm³/mol. The Morgan fingerprint density at radius 2 is 2.00 bits per heavy atom. The second-order valence-corrected chi connectivity index (χ2v) is 8.74. The largest absolute Gasteiger partial charge is 0.486 e. The minimum Gasteiger partial charge on any atom is -0.486 e. The maximum absolute atomic E-state index is 12.3. The molecule has 0 spiro atoms. The van der Waals surface area contributed by atoms with Crippen molar-refractivity contribution >= 4 is 21.6 Å². The van der Waals surface area contributed by atoms with Crippen molar-refractivity contribution < 1.29 is 17.9 Å². The van der Waals surface area contributed by atoms with Crippen molar-refractivity contribution in [1.82, 2.24) is 5.32 Å². The summed E-state index contributed by atoms with van der Waals surface area (Å²) in [6, 6.07) is 13.9. The molecule has 2 aromatic carbocycles. The summed E-state index contributed by atoms with van der Waals surface area (Å²) in [5.41, 5.74) is 1.86. The van der Waals surface area contributed by atoms with Crippen LogP contribution < -0.4 is 15.4 Å². The summed E-state index contributed by atoms with van der Waals surface area (Å²) in [6.07, 6.45) is 0.395. The van der Waals surface area contributed by atoms with E-state index in [0.29, 0.717) is 17.4 Å². The molecule has 2 aromatic rings. The molecule has 0 saturated carbocycles. The first-order valence-electron chi connectivity index (χ1n) is 9.02. The highest BCUT2D eigenvalue weighted by Gasteiger charge is 2.31. The van der Waals surface area contributed by atoms with Crippen LogP contribution in [0.5, 0.6) is 5.75 Å². The van der Waals surface area contributed by atoms with Crippen LogP contribution >= 0.6 is 0 Å². The van der Waals surface area contributed by atoms with E-state index >= 15 is 0 Å². The van der Waals surface area contributed by atoms with Crippen molar-refractivity contribution in [2.75, 3.05) is 17.6 Å². The van der Waals surface area contributed by atoms with E-state index in [1.807, 2.05) is 24.3 Å². The lowest BCUT2D eigenvalue weighted by atomic mass is 9.98. The van der Waals surface area contributed by atoms with Gasteiger partial charge in [-0.1, -0.05) is 38.1 Å². The summed E-state index contributed by atoms with van der Waals surface area (Å²) in [6.45, 7) is 4.36. The van der Waals surface area contributed by atoms with Gasteiger partial charge >= 0.3 is 6.03 Å². The van der Waals surface area contributed by atoms with Gasteiger partial charge in [-0.05, 0) is 42.2 Å². The third kappa shape index (κ3) is 4.60. The third-order valence-corrected chi connectivity index (χ3v) is 6.52. The lowest BCUT2D eigenvalue weighted by Crippen LogP contribution is -2.43. The lowest BCUT2D eigenvalue weighted by molar-refractivity contribution is 0.203. The van der Waals surface area contributed by atoms with Crippen molar-refractivity contribution in [2.24, 2.45) is 0 Å². The fourth-order valence-corrected chi connectivity index (χ4v) is 4.56. The van der Waals surface area contributed by atoms with E-state index in [1.54, 1.807) is 18.2 Å². The first-order chi connectivity index (χ1) is 12.9. The quantitative estimate of drug-likeness (QED) is 0.820. The minimum absolute atomic E-state index is 0.102. The average Bonchev–Trinajstić information content (AvgIpc) is 2.65. The normalized spacial score (nSPS) is 18.7. The number of carbonyl (C=O) groups excluding carboxylic acids is 1. The number of hydrogen-bond donors (Lipinski definition) is 2. The maximum Gasteiger partial charge on any atom is 0.319 e. The molecule has 2 amide bonds. The smallest absolute Gasteiger partial charge is 0.319 e. The van der Waals surface area contributed by atoms with Crippen LogP contribution in [0.4, 0.5) is 10.5 Å². The molecule has 0 saturated heterocycles. The van der Waals surface area contributed by atoms with Gasteiger partial charge in [0, 0.05) is 5.69 Å². The fourth-order valence-electron chi connectivity index (χ4n) is 2.99. The lowest BCUT2D eigenvalue weighted by Gasteiger charge is -2.26. The number of nitrogens with one attached hydrogen (secondary N) is 2. The van der Waals surface area contributed by atoms with Crippen LogP contribution in [0.1, 0.15) is 31.7 Å². The number of rotatable bonds is 5. The Labute approximate surface area is 159 Å². The van der Waals surface area contributed by atoms with E-state index in [4.69, 9.17) is 4.74 Å². The van der Waals surface area contributed by atoms with Crippen LogP contribution in [0.2, 0.25) is 0 Å². The zero-order valence-corrected chi connectivity index (χ0v) is 16.3. The average molecular weight is 388 g/mol. The molecule has 27 heavy (non-hydrogen) atoms. The maximum atomic E-state index is 12.3. The van der Waals surface area contributed by atoms with Crippen molar-refractivity contribution in [3.63, 3.8) is 0 Å². The molecule has 2 atom stereocenters. The number of amides is 2. The molecule has 7 heteroatoms. The van der Waals surface area contributed by atoms with Gasteiger partial charge in [-0.2, -0.15) is 0 Å². The Hall–Kier alpha value is -2.54. The van der Waals surface area contributed by atoms with E-state index in [-0.39, 0.29) is 17.2 Å². The zero-order valence-electron chi connectivity index (χ0n) is 15.4. The summed E-state index contributed by atoms with van der Waals surface area (Å²) < 4.78 is 30.4. The highest BCUT2D eigenvalue weighted by atomic mass is 32.2. The molecule has 1 heterocycles. The molecule has 1 aliphatic rings. The van der Waals surface area contributed by atoms with Gasteiger partial charge in [0.2, 0.25) is 0 Å². The number of para-hydroxylation sites is 1. The standard InChI is InChI=1S/C20H24N2O4S/c1-3-14(2)15-7-6-8-16(11-15)22-20(23)21-12-17-13-27(24,25)19-10-5-4-9-18(19)26-17/h4-11,14,17H,3,12-13H2,1-2H3,(H2,21,22,23). The fraction of sp³-hybridized carbons (Fsp3) is 0.350. The van der Waals surface area contributed by atoms with Gasteiger partial charge in [-0.25, -0.2) is 13.2 Å². The van der Waals surface area contributed by atoms with Crippen LogP contribution in [-0.2, 0) is 9.84 Å². The Morgan fingerprint density at radius 3 is 2.78 bits per heavy atom. The highest BCUT2D eigenvalue weighted by molar-refractivity contribution is 7.91. The van der Waals surface area contributed by atoms with Crippen LogP contribution in [-0.4, -0.2) is 32.9 Å². The number of benzene rings is 2. The number of carbonyl (C=O) groups is 1. The Bertz CT molecular complexity index is 927. The Balaban J connectivity index is 1.59. The predicted octanol–water partition coefficient (Wildman–Crippen LogP) is 3.56. The number of ether oxygens (including phenoxy) is 1. The molecule has 0 radical (unpaired) electrons. The van der Waals surface area contributed by atoms with Gasteiger partial charge in [-0.3, -0.25) is 0 Å². The van der Waals surface area contributed by atoms with Crippen LogP contribution in [0, 0.1) is 0 Å².